The van der Waals surface area contributed by atoms with Crippen molar-refractivity contribution in [2.75, 3.05) is 40.1 Å². The maximum atomic E-state index is 10.3. The topological polar surface area (TPSA) is 74.2 Å². The van der Waals surface area contributed by atoms with E-state index in [9.17, 15) is 4.79 Å². The minimum atomic E-state index is -0.264. The number of ether oxygens (including phenoxy) is 4. The number of carbonyl (C=O) groups excluding carboxylic acids is 1. The van der Waals surface area contributed by atoms with Crippen molar-refractivity contribution in [1.29, 1.82) is 0 Å². The predicted octanol–water partition coefficient (Wildman–Crippen LogP) is 1.78. The smallest absolute Gasteiger partial charge is 0.302 e. The molecule has 0 fully saturated rings. The number of hydrogen-bond donors (Lipinski definition) is 1. The average Bonchev–Trinajstić information content (AvgIpc) is 2.42. The van der Waals surface area contributed by atoms with Crippen LogP contribution in [0.4, 0.5) is 0 Å². The van der Waals surface area contributed by atoms with Crippen LogP contribution >= 0.6 is 0 Å². The zero-order valence-corrected chi connectivity index (χ0v) is 14.1. The first kappa shape index (κ1) is 22.6. The first-order valence-corrected chi connectivity index (χ1v) is 7.44. The molecule has 0 saturated carbocycles. The van der Waals surface area contributed by atoms with E-state index >= 15 is 0 Å². The standard InChI is InChI=1S/C9H20O3.C6H12O3/c1-3-4-5-11-6-7-12-9(2)8-10;1-5(4-8-3)9-6(2)7/h9-10H,3-8H2,1-2H3;5H,4H2,1-3H3. The lowest BCUT2D eigenvalue weighted by molar-refractivity contribution is -0.147. The van der Waals surface area contributed by atoms with E-state index in [1.807, 2.05) is 6.92 Å². The molecule has 0 heterocycles. The number of rotatable bonds is 11. The third-order valence-electron chi connectivity index (χ3n) is 2.30. The van der Waals surface area contributed by atoms with Crippen LogP contribution in [0.25, 0.3) is 0 Å². The summed E-state index contributed by atoms with van der Waals surface area (Å²) in [7, 11) is 1.57. The van der Waals surface area contributed by atoms with E-state index in [0.29, 0.717) is 19.8 Å². The summed E-state index contributed by atoms with van der Waals surface area (Å²) in [6.45, 7) is 9.69. The molecule has 128 valence electrons. The van der Waals surface area contributed by atoms with Crippen molar-refractivity contribution in [3.63, 3.8) is 0 Å². The molecule has 1 N–H and O–H groups in total. The Morgan fingerprint density at radius 3 is 2.29 bits per heavy atom. The second kappa shape index (κ2) is 17.4. The minimum absolute atomic E-state index is 0.0697. The Balaban J connectivity index is 0. The molecule has 6 nitrogen and oxygen atoms in total. The van der Waals surface area contributed by atoms with Crippen LogP contribution in [0.15, 0.2) is 0 Å². The average molecular weight is 308 g/mol. The lowest BCUT2D eigenvalue weighted by Crippen LogP contribution is -2.17. The number of hydrogen-bond acceptors (Lipinski definition) is 6. The van der Waals surface area contributed by atoms with E-state index in [1.165, 1.54) is 6.92 Å². The van der Waals surface area contributed by atoms with Gasteiger partial charge in [-0.2, -0.15) is 0 Å². The molecule has 0 aromatic carbocycles. The minimum Gasteiger partial charge on any atom is -0.460 e. The summed E-state index contributed by atoms with van der Waals surface area (Å²) in [5.41, 5.74) is 0. The fraction of sp³-hybridized carbons (Fsp3) is 0.933. The molecule has 0 aliphatic carbocycles. The van der Waals surface area contributed by atoms with Crippen LogP contribution in [0, 0.1) is 0 Å². The molecule has 0 aliphatic rings. The largest absolute Gasteiger partial charge is 0.460 e. The summed E-state index contributed by atoms with van der Waals surface area (Å²) < 4.78 is 19.9. The Morgan fingerprint density at radius 2 is 1.81 bits per heavy atom. The van der Waals surface area contributed by atoms with Crippen molar-refractivity contribution >= 4 is 5.97 Å². The fourth-order valence-electron chi connectivity index (χ4n) is 1.26. The van der Waals surface area contributed by atoms with Gasteiger partial charge in [0.25, 0.3) is 0 Å². The van der Waals surface area contributed by atoms with E-state index < -0.39 is 0 Å². The number of methoxy groups -OCH3 is 1. The van der Waals surface area contributed by atoms with Gasteiger partial charge in [0.05, 0.1) is 32.5 Å². The predicted molar refractivity (Wildman–Crippen MR) is 81.3 cm³/mol. The van der Waals surface area contributed by atoms with Crippen molar-refractivity contribution < 1.29 is 28.8 Å². The highest BCUT2D eigenvalue weighted by Gasteiger charge is 2.02. The van der Waals surface area contributed by atoms with E-state index in [4.69, 9.17) is 24.1 Å². The maximum absolute atomic E-state index is 10.3. The van der Waals surface area contributed by atoms with Crippen LogP contribution in [0.3, 0.4) is 0 Å². The third-order valence-corrected chi connectivity index (χ3v) is 2.30. The van der Waals surface area contributed by atoms with Gasteiger partial charge in [-0.1, -0.05) is 13.3 Å². The Labute approximate surface area is 128 Å². The third kappa shape index (κ3) is 21.8. The van der Waals surface area contributed by atoms with Gasteiger partial charge >= 0.3 is 5.97 Å². The molecule has 0 amide bonds. The van der Waals surface area contributed by atoms with Crippen molar-refractivity contribution in [2.24, 2.45) is 0 Å². The van der Waals surface area contributed by atoms with Gasteiger partial charge in [-0.25, -0.2) is 0 Å². The van der Waals surface area contributed by atoms with E-state index in [-0.39, 0.29) is 24.8 Å². The number of aliphatic hydroxyl groups excluding tert-OH is 1. The number of carbonyl (C=O) groups is 1. The molecule has 0 aromatic rings. The van der Waals surface area contributed by atoms with Gasteiger partial charge in [0, 0.05) is 20.6 Å². The van der Waals surface area contributed by atoms with Gasteiger partial charge in [-0.15, -0.1) is 0 Å². The van der Waals surface area contributed by atoms with Crippen LogP contribution in [0.5, 0.6) is 0 Å². The van der Waals surface area contributed by atoms with Crippen LogP contribution in [0.2, 0.25) is 0 Å². The highest BCUT2D eigenvalue weighted by Crippen LogP contribution is 1.91. The zero-order valence-electron chi connectivity index (χ0n) is 14.1. The maximum Gasteiger partial charge on any atom is 0.302 e. The van der Waals surface area contributed by atoms with E-state index in [0.717, 1.165) is 19.4 Å². The lowest BCUT2D eigenvalue weighted by Gasteiger charge is -2.09. The zero-order chi connectivity index (χ0) is 16.5. The van der Waals surface area contributed by atoms with Crippen molar-refractivity contribution in [3.8, 4) is 0 Å². The van der Waals surface area contributed by atoms with Crippen molar-refractivity contribution in [3.05, 3.63) is 0 Å². The summed E-state index contributed by atoms with van der Waals surface area (Å²) in [6.07, 6.45) is 2.07. The van der Waals surface area contributed by atoms with Gasteiger partial charge in [0.2, 0.25) is 0 Å². The summed E-state index contributed by atoms with van der Waals surface area (Å²) in [5, 5.41) is 8.61. The molecule has 0 radical (unpaired) electrons. The quantitative estimate of drug-likeness (QED) is 0.463. The molecule has 6 heteroatoms. The number of unbranched alkanes of at least 4 members (excludes halogenated alkanes) is 1. The molecule has 0 aromatic heterocycles. The molecule has 0 spiro atoms. The number of aliphatic hydroxyl groups is 1. The first-order chi connectivity index (χ1) is 9.97. The van der Waals surface area contributed by atoms with E-state index in [2.05, 4.69) is 6.92 Å². The van der Waals surface area contributed by atoms with Gasteiger partial charge in [0.15, 0.2) is 0 Å². The Kier molecular flexibility index (Phi) is 18.7. The Bertz CT molecular complexity index is 222. The first-order valence-electron chi connectivity index (χ1n) is 7.44. The summed E-state index contributed by atoms with van der Waals surface area (Å²) >= 11 is 0. The van der Waals surface area contributed by atoms with Gasteiger partial charge in [-0.05, 0) is 20.3 Å². The van der Waals surface area contributed by atoms with Gasteiger partial charge < -0.3 is 24.1 Å². The molecule has 0 bridgehead atoms. The van der Waals surface area contributed by atoms with Gasteiger partial charge in [-0.3, -0.25) is 4.79 Å². The second-order valence-electron chi connectivity index (χ2n) is 4.71. The molecule has 21 heavy (non-hydrogen) atoms. The van der Waals surface area contributed by atoms with Crippen LogP contribution in [-0.2, 0) is 23.7 Å². The summed E-state index contributed by atoms with van der Waals surface area (Å²) in [6, 6.07) is 0. The molecular formula is C15H32O6. The van der Waals surface area contributed by atoms with Crippen molar-refractivity contribution in [2.45, 2.75) is 52.7 Å². The van der Waals surface area contributed by atoms with Crippen molar-refractivity contribution in [1.82, 2.24) is 0 Å². The van der Waals surface area contributed by atoms with Crippen LogP contribution in [0.1, 0.15) is 40.5 Å². The van der Waals surface area contributed by atoms with Crippen LogP contribution in [-0.4, -0.2) is 63.4 Å². The molecule has 0 aliphatic heterocycles. The Hall–Kier alpha value is -0.690. The second-order valence-corrected chi connectivity index (χ2v) is 4.71. The summed E-state index contributed by atoms with van der Waals surface area (Å²) in [4.78, 5) is 10.3. The van der Waals surface area contributed by atoms with E-state index in [1.54, 1.807) is 14.0 Å². The summed E-state index contributed by atoms with van der Waals surface area (Å²) in [5.74, 6) is -0.264. The highest BCUT2D eigenvalue weighted by molar-refractivity contribution is 5.66. The highest BCUT2D eigenvalue weighted by atomic mass is 16.6. The molecule has 2 atom stereocenters. The lowest BCUT2D eigenvalue weighted by atomic mass is 10.4. The normalized spacial score (nSPS) is 13.0. The molecule has 0 saturated heterocycles. The van der Waals surface area contributed by atoms with Crippen LogP contribution < -0.4 is 0 Å². The fourth-order valence-corrected chi connectivity index (χ4v) is 1.26. The SMILES string of the molecule is CCCCOCCOC(C)CO.COCC(C)OC(C)=O. The molecule has 2 unspecified atom stereocenters. The molecular weight excluding hydrogens is 276 g/mol. The molecule has 0 rings (SSSR count). The monoisotopic (exact) mass is 308 g/mol. The van der Waals surface area contributed by atoms with Gasteiger partial charge in [0.1, 0.15) is 6.10 Å². The number of esters is 1. The Morgan fingerprint density at radius 1 is 1.14 bits per heavy atom.